The van der Waals surface area contributed by atoms with Crippen molar-refractivity contribution in [1.82, 2.24) is 5.32 Å². The summed E-state index contributed by atoms with van der Waals surface area (Å²) in [5.74, 6) is 0.765. The molecule has 1 saturated carbocycles. The van der Waals surface area contributed by atoms with E-state index in [0.29, 0.717) is 5.56 Å². The van der Waals surface area contributed by atoms with Gasteiger partial charge in [0.25, 0.3) is 5.91 Å². The van der Waals surface area contributed by atoms with Crippen LogP contribution in [0.5, 0.6) is 5.75 Å². The van der Waals surface area contributed by atoms with Crippen LogP contribution in [0.4, 0.5) is 0 Å². The first-order chi connectivity index (χ1) is 8.69. The zero-order valence-electron chi connectivity index (χ0n) is 10.5. The van der Waals surface area contributed by atoms with Gasteiger partial charge in [0.05, 0.1) is 12.6 Å². The lowest BCUT2D eigenvalue weighted by atomic mass is 10.00. The highest BCUT2D eigenvalue weighted by Crippen LogP contribution is 2.31. The normalized spacial score (nSPS) is 17.4. The van der Waals surface area contributed by atoms with Crippen LogP contribution < -0.4 is 10.1 Å². The number of alkyl halides is 1. The molecule has 0 unspecified atom stereocenters. The van der Waals surface area contributed by atoms with Gasteiger partial charge < -0.3 is 10.1 Å². The van der Waals surface area contributed by atoms with E-state index in [-0.39, 0.29) is 11.4 Å². The van der Waals surface area contributed by atoms with Crippen molar-refractivity contribution in [3.05, 3.63) is 29.8 Å². The van der Waals surface area contributed by atoms with Crippen LogP contribution >= 0.6 is 15.9 Å². The van der Waals surface area contributed by atoms with Gasteiger partial charge in [0, 0.05) is 10.9 Å². The Kier molecular flexibility index (Phi) is 4.27. The topological polar surface area (TPSA) is 38.3 Å². The molecule has 1 aromatic rings. The summed E-state index contributed by atoms with van der Waals surface area (Å²) in [6, 6.07) is 7.21. The van der Waals surface area contributed by atoms with Crippen LogP contribution in [0.1, 0.15) is 36.0 Å². The van der Waals surface area contributed by atoms with E-state index < -0.39 is 0 Å². The van der Waals surface area contributed by atoms with Crippen molar-refractivity contribution in [3.8, 4) is 5.75 Å². The minimum absolute atomic E-state index is 0.000923. The SMILES string of the molecule is COc1ccc(C(=O)NC2(CBr)CCCC2)cc1. The molecular formula is C14H18BrNO2. The van der Waals surface area contributed by atoms with Gasteiger partial charge in [-0.2, -0.15) is 0 Å². The lowest BCUT2D eigenvalue weighted by Crippen LogP contribution is -2.47. The van der Waals surface area contributed by atoms with Crippen molar-refractivity contribution in [3.63, 3.8) is 0 Å². The van der Waals surface area contributed by atoms with Gasteiger partial charge in [0.1, 0.15) is 5.75 Å². The van der Waals surface area contributed by atoms with Crippen molar-refractivity contribution >= 4 is 21.8 Å². The second-order valence-electron chi connectivity index (χ2n) is 4.80. The predicted molar refractivity (Wildman–Crippen MR) is 75.5 cm³/mol. The summed E-state index contributed by atoms with van der Waals surface area (Å²) in [5, 5.41) is 3.99. The number of hydrogen-bond acceptors (Lipinski definition) is 2. The van der Waals surface area contributed by atoms with Crippen LogP contribution in [0.2, 0.25) is 0 Å². The second-order valence-corrected chi connectivity index (χ2v) is 5.36. The fourth-order valence-electron chi connectivity index (χ4n) is 2.40. The first kappa shape index (κ1) is 13.4. The molecule has 1 aliphatic rings. The van der Waals surface area contributed by atoms with Gasteiger partial charge >= 0.3 is 0 Å². The zero-order valence-corrected chi connectivity index (χ0v) is 12.1. The summed E-state index contributed by atoms with van der Waals surface area (Å²) in [6.07, 6.45) is 4.49. The third kappa shape index (κ3) is 2.86. The highest BCUT2D eigenvalue weighted by atomic mass is 79.9. The molecule has 4 heteroatoms. The molecule has 1 fully saturated rings. The maximum absolute atomic E-state index is 12.2. The van der Waals surface area contributed by atoms with Gasteiger partial charge in [-0.3, -0.25) is 4.79 Å². The van der Waals surface area contributed by atoms with Crippen molar-refractivity contribution in [2.75, 3.05) is 12.4 Å². The molecule has 0 aliphatic heterocycles. The summed E-state index contributed by atoms with van der Waals surface area (Å²) < 4.78 is 5.08. The molecule has 0 spiro atoms. The first-order valence-electron chi connectivity index (χ1n) is 6.22. The third-order valence-electron chi connectivity index (χ3n) is 3.55. The maximum Gasteiger partial charge on any atom is 0.251 e. The standard InChI is InChI=1S/C14H18BrNO2/c1-18-12-6-4-11(5-7-12)13(17)16-14(10-15)8-2-3-9-14/h4-7H,2-3,8-10H2,1H3,(H,16,17). The summed E-state index contributed by atoms with van der Waals surface area (Å²) in [6.45, 7) is 0. The van der Waals surface area contributed by atoms with Gasteiger partial charge in [-0.25, -0.2) is 0 Å². The molecule has 18 heavy (non-hydrogen) atoms. The fraction of sp³-hybridized carbons (Fsp3) is 0.500. The summed E-state index contributed by atoms with van der Waals surface area (Å²) in [4.78, 5) is 12.2. The highest BCUT2D eigenvalue weighted by Gasteiger charge is 2.34. The van der Waals surface area contributed by atoms with Gasteiger partial charge in [-0.15, -0.1) is 0 Å². The van der Waals surface area contributed by atoms with Crippen LogP contribution in [0.25, 0.3) is 0 Å². The Morgan fingerprint density at radius 3 is 2.44 bits per heavy atom. The molecular weight excluding hydrogens is 294 g/mol. The lowest BCUT2D eigenvalue weighted by molar-refractivity contribution is 0.0910. The molecule has 1 N–H and O–H groups in total. The number of rotatable bonds is 4. The van der Waals surface area contributed by atoms with E-state index >= 15 is 0 Å². The number of carbonyl (C=O) groups excluding carboxylic acids is 1. The fourth-order valence-corrected chi connectivity index (χ4v) is 3.10. The molecule has 0 saturated heterocycles. The number of nitrogens with one attached hydrogen (secondary N) is 1. The summed E-state index contributed by atoms with van der Waals surface area (Å²) in [5.41, 5.74) is 0.625. The van der Waals surface area contributed by atoms with Crippen LogP contribution in [-0.4, -0.2) is 23.9 Å². The highest BCUT2D eigenvalue weighted by molar-refractivity contribution is 9.09. The van der Waals surface area contributed by atoms with E-state index in [1.165, 1.54) is 12.8 Å². The Morgan fingerprint density at radius 2 is 1.94 bits per heavy atom. The molecule has 0 atom stereocenters. The number of halogens is 1. The molecule has 2 rings (SSSR count). The average Bonchev–Trinajstić information content (AvgIpc) is 2.88. The van der Waals surface area contributed by atoms with E-state index in [1.54, 1.807) is 19.2 Å². The van der Waals surface area contributed by atoms with Gasteiger partial charge in [0.2, 0.25) is 0 Å². The molecule has 1 aromatic carbocycles. The number of ether oxygens (including phenoxy) is 1. The van der Waals surface area contributed by atoms with Crippen LogP contribution in [0.3, 0.4) is 0 Å². The second kappa shape index (κ2) is 5.74. The van der Waals surface area contributed by atoms with Crippen molar-refractivity contribution in [1.29, 1.82) is 0 Å². The van der Waals surface area contributed by atoms with E-state index in [2.05, 4.69) is 21.2 Å². The maximum atomic E-state index is 12.2. The summed E-state index contributed by atoms with van der Waals surface area (Å²) >= 11 is 3.52. The minimum atomic E-state index is -0.0585. The lowest BCUT2D eigenvalue weighted by Gasteiger charge is -2.28. The number of amides is 1. The molecule has 1 aliphatic carbocycles. The molecule has 1 amide bonds. The van der Waals surface area contributed by atoms with Crippen molar-refractivity contribution < 1.29 is 9.53 Å². The molecule has 0 bridgehead atoms. The van der Waals surface area contributed by atoms with Crippen LogP contribution in [-0.2, 0) is 0 Å². The zero-order chi connectivity index (χ0) is 13.0. The van der Waals surface area contributed by atoms with Gasteiger partial charge in [-0.1, -0.05) is 28.8 Å². The minimum Gasteiger partial charge on any atom is -0.497 e. The Hall–Kier alpha value is -1.03. The molecule has 98 valence electrons. The smallest absolute Gasteiger partial charge is 0.251 e. The van der Waals surface area contributed by atoms with Crippen LogP contribution in [0, 0.1) is 0 Å². The van der Waals surface area contributed by atoms with Crippen molar-refractivity contribution in [2.24, 2.45) is 0 Å². The molecule has 0 heterocycles. The van der Waals surface area contributed by atoms with Gasteiger partial charge in [-0.05, 0) is 37.1 Å². The van der Waals surface area contributed by atoms with E-state index in [9.17, 15) is 4.79 Å². The number of methoxy groups -OCH3 is 1. The Bertz CT molecular complexity index is 410. The molecule has 3 nitrogen and oxygen atoms in total. The van der Waals surface area contributed by atoms with E-state index in [1.807, 2.05) is 12.1 Å². The number of carbonyl (C=O) groups is 1. The monoisotopic (exact) mass is 311 g/mol. The van der Waals surface area contributed by atoms with E-state index in [4.69, 9.17) is 4.74 Å². The average molecular weight is 312 g/mol. The molecule has 0 aromatic heterocycles. The largest absolute Gasteiger partial charge is 0.497 e. The predicted octanol–water partition coefficient (Wildman–Crippen LogP) is 3.13. The Balaban J connectivity index is 2.06. The van der Waals surface area contributed by atoms with Gasteiger partial charge in [0.15, 0.2) is 0 Å². The molecule has 0 radical (unpaired) electrons. The van der Waals surface area contributed by atoms with Crippen LogP contribution in [0.15, 0.2) is 24.3 Å². The first-order valence-corrected chi connectivity index (χ1v) is 7.34. The Morgan fingerprint density at radius 1 is 1.33 bits per heavy atom. The number of hydrogen-bond donors (Lipinski definition) is 1. The summed E-state index contributed by atoms with van der Waals surface area (Å²) in [7, 11) is 1.62. The Labute approximate surface area is 116 Å². The van der Waals surface area contributed by atoms with E-state index in [0.717, 1.165) is 23.9 Å². The third-order valence-corrected chi connectivity index (χ3v) is 4.62. The number of benzene rings is 1. The quantitative estimate of drug-likeness (QED) is 0.868. The van der Waals surface area contributed by atoms with Crippen molar-refractivity contribution in [2.45, 2.75) is 31.2 Å².